The summed E-state index contributed by atoms with van der Waals surface area (Å²) >= 11 is 0. The molecule has 1 saturated heterocycles. The van der Waals surface area contributed by atoms with Crippen molar-refractivity contribution in [3.8, 4) is 0 Å². The van der Waals surface area contributed by atoms with Crippen LogP contribution in [0, 0.1) is 0 Å². The molecule has 7 heteroatoms. The van der Waals surface area contributed by atoms with Gasteiger partial charge in [-0.3, -0.25) is 9.47 Å². The van der Waals surface area contributed by atoms with Crippen molar-refractivity contribution < 1.29 is 13.2 Å². The zero-order valence-electron chi connectivity index (χ0n) is 11.6. The van der Waals surface area contributed by atoms with Gasteiger partial charge in [-0.05, 0) is 51.1 Å². The molecule has 0 radical (unpaired) electrons. The maximum atomic E-state index is 12.7. The van der Waals surface area contributed by atoms with Crippen LogP contribution in [0.3, 0.4) is 0 Å². The molecule has 1 aliphatic heterocycles. The van der Waals surface area contributed by atoms with E-state index in [2.05, 4.69) is 9.88 Å². The van der Waals surface area contributed by atoms with Crippen molar-refractivity contribution in [2.75, 3.05) is 13.6 Å². The summed E-state index contributed by atoms with van der Waals surface area (Å²) in [7, 11) is 1.93. The van der Waals surface area contributed by atoms with E-state index in [0.717, 1.165) is 37.9 Å². The van der Waals surface area contributed by atoms with Crippen molar-refractivity contribution >= 4 is 11.0 Å². The van der Waals surface area contributed by atoms with Crippen LogP contribution in [0.15, 0.2) is 23.0 Å². The highest BCUT2D eigenvalue weighted by Gasteiger charge is 2.31. The topological polar surface area (TPSA) is 41.0 Å². The van der Waals surface area contributed by atoms with E-state index in [9.17, 15) is 18.0 Å². The lowest BCUT2D eigenvalue weighted by Gasteiger charge is -2.33. The van der Waals surface area contributed by atoms with Crippen LogP contribution in [0.4, 0.5) is 13.2 Å². The average molecular weight is 299 g/mol. The maximum Gasteiger partial charge on any atom is 0.416 e. The fourth-order valence-corrected chi connectivity index (χ4v) is 2.99. The quantitative estimate of drug-likeness (QED) is 0.879. The molecule has 0 spiro atoms. The lowest BCUT2D eigenvalue weighted by molar-refractivity contribution is -0.137. The highest BCUT2D eigenvalue weighted by Crippen LogP contribution is 2.32. The fraction of sp³-hybridized carbons (Fsp3) is 0.500. The van der Waals surface area contributed by atoms with Gasteiger partial charge in [-0.15, -0.1) is 0 Å². The number of imidazole rings is 1. The SMILES string of the molecule is CN1CCCCC1n1c(=O)[nH]c2cc(C(F)(F)F)ccc21. The molecule has 1 N–H and O–H groups in total. The van der Waals surface area contributed by atoms with Gasteiger partial charge in [0, 0.05) is 0 Å². The van der Waals surface area contributed by atoms with Gasteiger partial charge in [0.05, 0.1) is 22.8 Å². The number of H-pyrrole nitrogens is 1. The number of fused-ring (bicyclic) bond motifs is 1. The zero-order valence-corrected chi connectivity index (χ0v) is 11.6. The van der Waals surface area contributed by atoms with Crippen molar-refractivity contribution in [1.82, 2.24) is 14.5 Å². The molecule has 1 atom stereocenters. The predicted molar refractivity (Wildman–Crippen MR) is 73.1 cm³/mol. The summed E-state index contributed by atoms with van der Waals surface area (Å²) in [6.07, 6.45) is -1.60. The fourth-order valence-electron chi connectivity index (χ4n) is 2.99. The van der Waals surface area contributed by atoms with Gasteiger partial charge in [-0.25, -0.2) is 4.79 Å². The largest absolute Gasteiger partial charge is 0.416 e. The number of halogens is 3. The highest BCUT2D eigenvalue weighted by molar-refractivity contribution is 5.76. The number of aromatic nitrogens is 2. The third-order valence-corrected chi connectivity index (χ3v) is 4.07. The number of aromatic amines is 1. The van der Waals surface area contributed by atoms with Gasteiger partial charge in [0.15, 0.2) is 0 Å². The molecule has 4 nitrogen and oxygen atoms in total. The minimum absolute atomic E-state index is 0.100. The molecule has 1 aromatic carbocycles. The lowest BCUT2D eigenvalue weighted by atomic mass is 10.1. The predicted octanol–water partition coefficient (Wildman–Crippen LogP) is 2.96. The van der Waals surface area contributed by atoms with Crippen LogP contribution < -0.4 is 5.69 Å². The Kier molecular flexibility index (Phi) is 3.32. The molecule has 2 aromatic rings. The number of hydrogen-bond acceptors (Lipinski definition) is 2. The van der Waals surface area contributed by atoms with Crippen molar-refractivity contribution in [2.24, 2.45) is 0 Å². The lowest BCUT2D eigenvalue weighted by Crippen LogP contribution is -2.37. The number of rotatable bonds is 1. The van der Waals surface area contributed by atoms with E-state index in [1.165, 1.54) is 6.07 Å². The standard InChI is InChI=1S/C14H16F3N3O/c1-19-7-3-2-4-12(19)20-11-6-5-9(14(15,16)17)8-10(11)18-13(20)21/h5-6,8,12H,2-4,7H2,1H3,(H,18,21). The molecular formula is C14H16F3N3O. The summed E-state index contributed by atoms with van der Waals surface area (Å²) in [5.41, 5.74) is -0.357. The summed E-state index contributed by atoms with van der Waals surface area (Å²) in [6, 6.07) is 3.39. The Morgan fingerprint density at radius 1 is 1.29 bits per heavy atom. The molecule has 1 unspecified atom stereocenters. The van der Waals surface area contributed by atoms with Crippen LogP contribution in [-0.4, -0.2) is 28.0 Å². The van der Waals surface area contributed by atoms with Crippen molar-refractivity contribution in [1.29, 1.82) is 0 Å². The monoisotopic (exact) mass is 299 g/mol. The number of likely N-dealkylation sites (tertiary alicyclic amines) is 1. The molecule has 0 amide bonds. The van der Waals surface area contributed by atoms with Crippen LogP contribution >= 0.6 is 0 Å². The van der Waals surface area contributed by atoms with Gasteiger partial charge >= 0.3 is 11.9 Å². The minimum atomic E-state index is -4.41. The summed E-state index contributed by atoms with van der Waals surface area (Å²) in [5.74, 6) is 0. The van der Waals surface area contributed by atoms with E-state index in [-0.39, 0.29) is 17.4 Å². The van der Waals surface area contributed by atoms with E-state index >= 15 is 0 Å². The normalized spacial score (nSPS) is 21.0. The van der Waals surface area contributed by atoms with Gasteiger partial charge in [0.25, 0.3) is 0 Å². The van der Waals surface area contributed by atoms with Crippen LogP contribution in [0.25, 0.3) is 11.0 Å². The van der Waals surface area contributed by atoms with E-state index in [1.54, 1.807) is 4.57 Å². The minimum Gasteiger partial charge on any atom is -0.305 e. The Bertz CT molecular complexity index is 716. The second-order valence-corrected chi connectivity index (χ2v) is 5.49. The smallest absolute Gasteiger partial charge is 0.305 e. The van der Waals surface area contributed by atoms with Crippen LogP contribution in [0.1, 0.15) is 31.0 Å². The molecule has 1 aliphatic rings. The maximum absolute atomic E-state index is 12.7. The molecule has 1 fully saturated rings. The van der Waals surface area contributed by atoms with E-state index in [1.807, 2.05) is 7.05 Å². The van der Waals surface area contributed by atoms with Crippen LogP contribution in [0.5, 0.6) is 0 Å². The summed E-state index contributed by atoms with van der Waals surface area (Å²) < 4.78 is 39.8. The molecule has 21 heavy (non-hydrogen) atoms. The summed E-state index contributed by atoms with van der Waals surface area (Å²) in [6.45, 7) is 0.879. The Hall–Kier alpha value is -1.76. The number of alkyl halides is 3. The second kappa shape index (κ2) is 4.91. The Morgan fingerprint density at radius 2 is 2.05 bits per heavy atom. The number of nitrogens with zero attached hydrogens (tertiary/aromatic N) is 2. The molecule has 0 bridgehead atoms. The molecule has 3 rings (SSSR count). The van der Waals surface area contributed by atoms with Gasteiger partial charge in [-0.1, -0.05) is 0 Å². The molecule has 1 aromatic heterocycles. The van der Waals surface area contributed by atoms with Gasteiger partial charge < -0.3 is 4.98 Å². The van der Waals surface area contributed by atoms with Gasteiger partial charge in [0.1, 0.15) is 0 Å². The van der Waals surface area contributed by atoms with Gasteiger partial charge in [-0.2, -0.15) is 13.2 Å². The Morgan fingerprint density at radius 3 is 2.71 bits per heavy atom. The summed E-state index contributed by atoms with van der Waals surface area (Å²) in [4.78, 5) is 16.7. The Balaban J connectivity index is 2.12. The molecule has 0 saturated carbocycles. The molecule has 114 valence electrons. The first-order chi connectivity index (χ1) is 9.88. The molecular weight excluding hydrogens is 283 g/mol. The molecule has 2 heterocycles. The van der Waals surface area contributed by atoms with Crippen molar-refractivity contribution in [3.05, 3.63) is 34.2 Å². The van der Waals surface area contributed by atoms with Crippen LogP contribution in [-0.2, 0) is 6.18 Å². The zero-order chi connectivity index (χ0) is 15.2. The van der Waals surface area contributed by atoms with Gasteiger partial charge in [0.2, 0.25) is 0 Å². The van der Waals surface area contributed by atoms with Crippen LogP contribution in [0.2, 0.25) is 0 Å². The first-order valence-corrected chi connectivity index (χ1v) is 6.89. The van der Waals surface area contributed by atoms with E-state index < -0.39 is 11.7 Å². The number of benzene rings is 1. The second-order valence-electron chi connectivity index (χ2n) is 5.49. The number of nitrogens with one attached hydrogen (secondary N) is 1. The van der Waals surface area contributed by atoms with Crippen molar-refractivity contribution in [2.45, 2.75) is 31.6 Å². The first-order valence-electron chi connectivity index (χ1n) is 6.89. The van der Waals surface area contributed by atoms with Crippen molar-refractivity contribution in [3.63, 3.8) is 0 Å². The number of piperidine rings is 1. The first kappa shape index (κ1) is 14.2. The third-order valence-electron chi connectivity index (χ3n) is 4.07. The Labute approximate surface area is 119 Å². The highest BCUT2D eigenvalue weighted by atomic mass is 19.4. The number of hydrogen-bond donors (Lipinski definition) is 1. The molecule has 0 aliphatic carbocycles. The average Bonchev–Trinajstić information content (AvgIpc) is 2.73. The summed E-state index contributed by atoms with van der Waals surface area (Å²) in [5, 5.41) is 0. The van der Waals surface area contributed by atoms with E-state index in [0.29, 0.717) is 5.52 Å². The third kappa shape index (κ3) is 2.46. The van der Waals surface area contributed by atoms with E-state index in [4.69, 9.17) is 0 Å².